The molecule has 0 amide bonds. The van der Waals surface area contributed by atoms with E-state index < -0.39 is 9.84 Å². The van der Waals surface area contributed by atoms with Gasteiger partial charge in [0.2, 0.25) is 0 Å². The molecular weight excluding hydrogens is 256 g/mol. The first-order chi connectivity index (χ1) is 8.03. The van der Waals surface area contributed by atoms with Crippen LogP contribution in [0.4, 0.5) is 0 Å². The quantitative estimate of drug-likeness (QED) is 0.885. The van der Waals surface area contributed by atoms with Crippen LogP contribution in [-0.2, 0) is 9.84 Å². The maximum absolute atomic E-state index is 11.4. The van der Waals surface area contributed by atoms with Crippen LogP contribution >= 0.6 is 11.3 Å². The molecule has 4 nitrogen and oxygen atoms in total. The van der Waals surface area contributed by atoms with Gasteiger partial charge in [-0.05, 0) is 23.9 Å². The molecule has 1 unspecified atom stereocenters. The van der Waals surface area contributed by atoms with Crippen molar-refractivity contribution in [1.82, 2.24) is 4.90 Å². The Morgan fingerprint density at radius 2 is 2.12 bits per heavy atom. The topological polar surface area (TPSA) is 63.4 Å². The molecule has 1 aliphatic rings. The number of rotatable bonds is 3. The predicted octanol–water partition coefficient (Wildman–Crippen LogP) is 0.787. The Bertz CT molecular complexity index is 467. The van der Waals surface area contributed by atoms with Crippen molar-refractivity contribution in [1.29, 1.82) is 0 Å². The number of aryl methyl sites for hydroxylation is 1. The van der Waals surface area contributed by atoms with Gasteiger partial charge in [-0.1, -0.05) is 0 Å². The number of hydrogen-bond acceptors (Lipinski definition) is 5. The van der Waals surface area contributed by atoms with Gasteiger partial charge in [0.1, 0.15) is 0 Å². The monoisotopic (exact) mass is 274 g/mol. The lowest BCUT2D eigenvalue weighted by atomic mass is 10.1. The Morgan fingerprint density at radius 3 is 2.59 bits per heavy atom. The zero-order valence-corrected chi connectivity index (χ0v) is 11.6. The first kappa shape index (κ1) is 13.0. The van der Waals surface area contributed by atoms with Gasteiger partial charge in [0.15, 0.2) is 9.84 Å². The lowest BCUT2D eigenvalue weighted by Crippen LogP contribution is -2.44. The van der Waals surface area contributed by atoms with E-state index in [1.54, 1.807) is 11.3 Å². The Labute approximate surface area is 106 Å². The van der Waals surface area contributed by atoms with Crippen LogP contribution in [0.1, 0.15) is 16.5 Å². The molecule has 0 aliphatic carbocycles. The Kier molecular flexibility index (Phi) is 3.87. The van der Waals surface area contributed by atoms with Gasteiger partial charge in [-0.15, -0.1) is 11.3 Å². The van der Waals surface area contributed by atoms with E-state index in [1.165, 1.54) is 10.4 Å². The normalized spacial score (nSPS) is 22.5. The molecule has 0 aromatic carbocycles. The molecule has 1 aromatic heterocycles. The van der Waals surface area contributed by atoms with Crippen LogP contribution in [-0.4, -0.2) is 44.5 Å². The minimum Gasteiger partial charge on any atom is -0.329 e. The SMILES string of the molecule is Cc1ccsc1C(CN)N1CCS(=O)(=O)CC1. The van der Waals surface area contributed by atoms with Crippen molar-refractivity contribution in [3.05, 3.63) is 21.9 Å². The summed E-state index contributed by atoms with van der Waals surface area (Å²) in [4.78, 5) is 3.46. The third-order valence-electron chi connectivity index (χ3n) is 3.25. The molecule has 0 saturated carbocycles. The number of hydrogen-bond donors (Lipinski definition) is 1. The second-order valence-corrected chi connectivity index (χ2v) is 7.66. The highest BCUT2D eigenvalue weighted by molar-refractivity contribution is 7.91. The van der Waals surface area contributed by atoms with Gasteiger partial charge in [0.25, 0.3) is 0 Å². The molecule has 1 saturated heterocycles. The molecule has 17 heavy (non-hydrogen) atoms. The molecule has 96 valence electrons. The molecule has 6 heteroatoms. The van der Waals surface area contributed by atoms with Gasteiger partial charge < -0.3 is 5.73 Å². The van der Waals surface area contributed by atoms with Gasteiger partial charge in [-0.2, -0.15) is 0 Å². The van der Waals surface area contributed by atoms with Gasteiger partial charge in [0, 0.05) is 24.5 Å². The molecule has 2 N–H and O–H groups in total. The average molecular weight is 274 g/mol. The third-order valence-corrected chi connectivity index (χ3v) is 5.98. The summed E-state index contributed by atoms with van der Waals surface area (Å²) in [6.45, 7) is 3.82. The van der Waals surface area contributed by atoms with E-state index in [-0.39, 0.29) is 17.5 Å². The Balaban J connectivity index is 2.13. The summed E-state index contributed by atoms with van der Waals surface area (Å²) in [5.74, 6) is 0.516. The second-order valence-electron chi connectivity index (χ2n) is 4.41. The maximum atomic E-state index is 11.4. The molecular formula is C11H18N2O2S2. The third kappa shape index (κ3) is 2.88. The van der Waals surface area contributed by atoms with Crippen LogP contribution in [0.3, 0.4) is 0 Å². The van der Waals surface area contributed by atoms with Crippen LogP contribution in [0.15, 0.2) is 11.4 Å². The first-order valence-electron chi connectivity index (χ1n) is 5.72. The molecule has 0 bridgehead atoms. The molecule has 1 fully saturated rings. The summed E-state index contributed by atoms with van der Waals surface area (Å²) in [5, 5.41) is 2.06. The number of nitrogens with zero attached hydrogens (tertiary/aromatic N) is 1. The summed E-state index contributed by atoms with van der Waals surface area (Å²) in [6, 6.07) is 2.26. The van der Waals surface area contributed by atoms with Gasteiger partial charge in [-0.25, -0.2) is 8.42 Å². The zero-order chi connectivity index (χ0) is 12.5. The summed E-state index contributed by atoms with van der Waals surface area (Å²) in [5.41, 5.74) is 7.10. The van der Waals surface area contributed by atoms with Crippen molar-refractivity contribution in [2.45, 2.75) is 13.0 Å². The highest BCUT2D eigenvalue weighted by Gasteiger charge is 2.28. The molecule has 1 aromatic rings. The molecule has 1 aliphatic heterocycles. The summed E-state index contributed by atoms with van der Waals surface area (Å²) < 4.78 is 22.8. The highest BCUT2D eigenvalue weighted by atomic mass is 32.2. The molecule has 0 radical (unpaired) electrons. The van der Waals surface area contributed by atoms with Crippen molar-refractivity contribution in [2.24, 2.45) is 5.73 Å². The highest BCUT2D eigenvalue weighted by Crippen LogP contribution is 2.28. The predicted molar refractivity (Wildman–Crippen MR) is 71.1 cm³/mol. The van der Waals surface area contributed by atoms with E-state index in [0.717, 1.165) is 0 Å². The largest absolute Gasteiger partial charge is 0.329 e. The fourth-order valence-electron chi connectivity index (χ4n) is 2.19. The minimum atomic E-state index is -2.82. The fourth-order valence-corrected chi connectivity index (χ4v) is 4.49. The van der Waals surface area contributed by atoms with Crippen molar-refractivity contribution >= 4 is 21.2 Å². The van der Waals surface area contributed by atoms with Crippen molar-refractivity contribution in [3.63, 3.8) is 0 Å². The van der Waals surface area contributed by atoms with Crippen molar-refractivity contribution in [3.8, 4) is 0 Å². The fraction of sp³-hybridized carbons (Fsp3) is 0.636. The molecule has 2 rings (SSSR count). The number of sulfone groups is 1. The first-order valence-corrected chi connectivity index (χ1v) is 8.42. The molecule has 0 spiro atoms. The van der Waals surface area contributed by atoms with E-state index in [0.29, 0.717) is 19.6 Å². The van der Waals surface area contributed by atoms with Crippen LogP contribution in [0.2, 0.25) is 0 Å². The van der Waals surface area contributed by atoms with E-state index in [2.05, 4.69) is 23.3 Å². The van der Waals surface area contributed by atoms with Crippen LogP contribution < -0.4 is 5.73 Å². The maximum Gasteiger partial charge on any atom is 0.152 e. The van der Waals surface area contributed by atoms with Crippen molar-refractivity contribution in [2.75, 3.05) is 31.1 Å². The lowest BCUT2D eigenvalue weighted by Gasteiger charge is -2.33. The Morgan fingerprint density at radius 1 is 1.47 bits per heavy atom. The van der Waals surface area contributed by atoms with E-state index >= 15 is 0 Å². The number of thiophene rings is 1. The standard InChI is InChI=1S/C11H18N2O2S2/c1-9-2-5-16-11(9)10(8-12)13-3-6-17(14,15)7-4-13/h2,5,10H,3-4,6-8,12H2,1H3. The van der Waals surface area contributed by atoms with E-state index in [4.69, 9.17) is 5.73 Å². The van der Waals surface area contributed by atoms with Crippen LogP contribution in [0.5, 0.6) is 0 Å². The molecule has 1 atom stereocenters. The van der Waals surface area contributed by atoms with Gasteiger partial charge >= 0.3 is 0 Å². The minimum absolute atomic E-state index is 0.172. The van der Waals surface area contributed by atoms with Crippen LogP contribution in [0.25, 0.3) is 0 Å². The second kappa shape index (κ2) is 5.06. The summed E-state index contributed by atoms with van der Waals surface area (Å²) >= 11 is 1.70. The van der Waals surface area contributed by atoms with Crippen LogP contribution in [0, 0.1) is 6.92 Å². The summed E-state index contributed by atoms with van der Waals surface area (Å²) in [7, 11) is -2.82. The van der Waals surface area contributed by atoms with Gasteiger partial charge in [-0.3, -0.25) is 4.90 Å². The van der Waals surface area contributed by atoms with E-state index in [1.807, 2.05) is 0 Å². The average Bonchev–Trinajstić information content (AvgIpc) is 2.69. The van der Waals surface area contributed by atoms with Crippen molar-refractivity contribution < 1.29 is 8.42 Å². The van der Waals surface area contributed by atoms with Gasteiger partial charge in [0.05, 0.1) is 17.5 Å². The van der Waals surface area contributed by atoms with E-state index in [9.17, 15) is 8.42 Å². The molecule has 2 heterocycles. The number of nitrogens with two attached hydrogens (primary N) is 1. The smallest absolute Gasteiger partial charge is 0.152 e. The zero-order valence-electron chi connectivity index (χ0n) is 9.93. The lowest BCUT2D eigenvalue weighted by molar-refractivity contribution is 0.221. The Hall–Kier alpha value is -0.430. The summed E-state index contributed by atoms with van der Waals surface area (Å²) in [6.07, 6.45) is 0.